The monoisotopic (exact) mass is 191 g/mol. The smallest absolute Gasteiger partial charge is 0.00200 e. The van der Waals surface area contributed by atoms with Crippen LogP contribution >= 0.6 is 0 Å². The van der Waals surface area contributed by atoms with Gasteiger partial charge in [-0.15, -0.1) is 0 Å². The van der Waals surface area contributed by atoms with Gasteiger partial charge in [-0.25, -0.2) is 0 Å². The number of nitrogens with two attached hydrogens (primary N) is 1. The summed E-state index contributed by atoms with van der Waals surface area (Å²) in [7, 11) is 0. The van der Waals surface area contributed by atoms with E-state index in [1.165, 1.54) is 18.4 Å². The van der Waals surface area contributed by atoms with Gasteiger partial charge >= 0.3 is 0 Å². The molecule has 1 rings (SSSR count). The second kappa shape index (κ2) is 5.16. The van der Waals surface area contributed by atoms with Gasteiger partial charge in [-0.05, 0) is 30.4 Å². The fourth-order valence-electron chi connectivity index (χ4n) is 1.95. The van der Waals surface area contributed by atoms with Crippen molar-refractivity contribution in [2.75, 3.05) is 6.54 Å². The van der Waals surface area contributed by atoms with Crippen LogP contribution in [0, 0.1) is 5.41 Å². The molecule has 1 aromatic rings. The van der Waals surface area contributed by atoms with Crippen molar-refractivity contribution >= 4 is 0 Å². The highest BCUT2D eigenvalue weighted by molar-refractivity contribution is 5.16. The Bertz CT molecular complexity index is 255. The summed E-state index contributed by atoms with van der Waals surface area (Å²) < 4.78 is 0. The molecule has 0 aliphatic rings. The molecular weight excluding hydrogens is 170 g/mol. The van der Waals surface area contributed by atoms with E-state index in [1.54, 1.807) is 0 Å². The Balaban J connectivity index is 2.65. The summed E-state index contributed by atoms with van der Waals surface area (Å²) in [5.41, 5.74) is 7.51. The molecule has 0 saturated heterocycles. The normalized spacial score (nSPS) is 15.1. The predicted octanol–water partition coefficient (Wildman–Crippen LogP) is 2.99. The molecule has 2 N–H and O–H groups in total. The van der Waals surface area contributed by atoms with Crippen LogP contribution in [0.2, 0.25) is 0 Å². The lowest BCUT2D eigenvalue weighted by Gasteiger charge is -2.27. The number of benzene rings is 1. The molecule has 0 saturated carbocycles. The number of hydrogen-bond donors (Lipinski definition) is 1. The Kier molecular flexibility index (Phi) is 4.15. The standard InChI is InChI=1S/C13H21N/c1-3-9-13(2,11-14)10-12-7-5-4-6-8-12/h4-8H,3,9-11,14H2,1-2H3. The third-order valence-electron chi connectivity index (χ3n) is 2.82. The largest absolute Gasteiger partial charge is 0.330 e. The summed E-state index contributed by atoms with van der Waals surface area (Å²) in [6.45, 7) is 5.28. The van der Waals surface area contributed by atoms with Crippen molar-refractivity contribution in [2.45, 2.75) is 33.1 Å². The first-order chi connectivity index (χ1) is 6.70. The Morgan fingerprint density at radius 3 is 2.36 bits per heavy atom. The minimum absolute atomic E-state index is 0.274. The highest BCUT2D eigenvalue weighted by Crippen LogP contribution is 2.26. The zero-order valence-electron chi connectivity index (χ0n) is 9.29. The van der Waals surface area contributed by atoms with Crippen molar-refractivity contribution in [3.05, 3.63) is 35.9 Å². The van der Waals surface area contributed by atoms with Gasteiger partial charge in [-0.3, -0.25) is 0 Å². The lowest BCUT2D eigenvalue weighted by atomic mass is 9.80. The first-order valence-corrected chi connectivity index (χ1v) is 5.44. The highest BCUT2D eigenvalue weighted by Gasteiger charge is 2.21. The van der Waals surface area contributed by atoms with E-state index in [0.29, 0.717) is 0 Å². The molecule has 0 amide bonds. The van der Waals surface area contributed by atoms with Crippen LogP contribution in [0.3, 0.4) is 0 Å². The summed E-state index contributed by atoms with van der Waals surface area (Å²) in [5, 5.41) is 0. The van der Waals surface area contributed by atoms with Gasteiger partial charge in [0, 0.05) is 0 Å². The average Bonchev–Trinajstić information content (AvgIpc) is 2.20. The minimum Gasteiger partial charge on any atom is -0.330 e. The van der Waals surface area contributed by atoms with Crippen LogP contribution in [0.15, 0.2) is 30.3 Å². The molecule has 0 heterocycles. The molecule has 1 heteroatoms. The lowest BCUT2D eigenvalue weighted by Crippen LogP contribution is -2.29. The molecule has 0 radical (unpaired) electrons. The van der Waals surface area contributed by atoms with Crippen molar-refractivity contribution in [1.82, 2.24) is 0 Å². The van der Waals surface area contributed by atoms with Gasteiger partial charge in [0.05, 0.1) is 0 Å². The van der Waals surface area contributed by atoms with Crippen LogP contribution in [-0.2, 0) is 6.42 Å². The van der Waals surface area contributed by atoms with Crippen LogP contribution < -0.4 is 5.73 Å². The molecule has 0 aliphatic heterocycles. The van der Waals surface area contributed by atoms with Gasteiger partial charge in [0.25, 0.3) is 0 Å². The third kappa shape index (κ3) is 3.15. The van der Waals surface area contributed by atoms with Crippen molar-refractivity contribution in [2.24, 2.45) is 11.1 Å². The van der Waals surface area contributed by atoms with Crippen LogP contribution in [0.25, 0.3) is 0 Å². The Hall–Kier alpha value is -0.820. The Labute approximate surface area is 87.3 Å². The second-order valence-corrected chi connectivity index (χ2v) is 4.43. The van der Waals surface area contributed by atoms with E-state index in [9.17, 15) is 0 Å². The predicted molar refractivity (Wildman–Crippen MR) is 62.2 cm³/mol. The molecular formula is C13H21N. The van der Waals surface area contributed by atoms with Gasteiger partial charge in [0.2, 0.25) is 0 Å². The summed E-state index contributed by atoms with van der Waals surface area (Å²) >= 11 is 0. The van der Waals surface area contributed by atoms with Crippen molar-refractivity contribution in [1.29, 1.82) is 0 Å². The summed E-state index contributed by atoms with van der Waals surface area (Å²) in [6, 6.07) is 10.6. The Morgan fingerprint density at radius 1 is 1.21 bits per heavy atom. The van der Waals surface area contributed by atoms with Crippen LogP contribution in [0.5, 0.6) is 0 Å². The molecule has 1 nitrogen and oxygen atoms in total. The van der Waals surface area contributed by atoms with Crippen LogP contribution in [-0.4, -0.2) is 6.54 Å². The van der Waals surface area contributed by atoms with E-state index < -0.39 is 0 Å². The average molecular weight is 191 g/mol. The van der Waals surface area contributed by atoms with Crippen molar-refractivity contribution in [3.63, 3.8) is 0 Å². The molecule has 0 bridgehead atoms. The maximum atomic E-state index is 5.84. The second-order valence-electron chi connectivity index (χ2n) is 4.43. The van der Waals surface area contributed by atoms with Crippen LogP contribution in [0.4, 0.5) is 0 Å². The fraction of sp³-hybridized carbons (Fsp3) is 0.538. The number of hydrogen-bond acceptors (Lipinski definition) is 1. The first-order valence-electron chi connectivity index (χ1n) is 5.44. The third-order valence-corrected chi connectivity index (χ3v) is 2.82. The van der Waals surface area contributed by atoms with Crippen molar-refractivity contribution in [3.8, 4) is 0 Å². The van der Waals surface area contributed by atoms with Gasteiger partial charge in [0.1, 0.15) is 0 Å². The highest BCUT2D eigenvalue weighted by atomic mass is 14.6. The van der Waals surface area contributed by atoms with E-state index in [2.05, 4.69) is 44.2 Å². The maximum absolute atomic E-state index is 5.84. The zero-order valence-corrected chi connectivity index (χ0v) is 9.29. The van der Waals surface area contributed by atoms with Gasteiger partial charge in [-0.1, -0.05) is 50.6 Å². The zero-order chi connectivity index (χ0) is 10.4. The molecule has 1 atom stereocenters. The molecule has 0 spiro atoms. The Morgan fingerprint density at radius 2 is 1.86 bits per heavy atom. The number of rotatable bonds is 5. The van der Waals surface area contributed by atoms with E-state index >= 15 is 0 Å². The van der Waals surface area contributed by atoms with E-state index in [4.69, 9.17) is 5.73 Å². The van der Waals surface area contributed by atoms with Crippen molar-refractivity contribution < 1.29 is 0 Å². The van der Waals surface area contributed by atoms with E-state index in [-0.39, 0.29) is 5.41 Å². The van der Waals surface area contributed by atoms with Crippen LogP contribution in [0.1, 0.15) is 32.3 Å². The molecule has 78 valence electrons. The topological polar surface area (TPSA) is 26.0 Å². The van der Waals surface area contributed by atoms with Gasteiger partial charge < -0.3 is 5.73 Å². The summed E-state index contributed by atoms with van der Waals surface area (Å²) in [5.74, 6) is 0. The van der Waals surface area contributed by atoms with Gasteiger partial charge in [-0.2, -0.15) is 0 Å². The fourth-order valence-corrected chi connectivity index (χ4v) is 1.95. The first kappa shape index (κ1) is 11.3. The lowest BCUT2D eigenvalue weighted by molar-refractivity contribution is 0.302. The van der Waals surface area contributed by atoms with E-state index in [1.807, 2.05) is 0 Å². The quantitative estimate of drug-likeness (QED) is 0.760. The summed E-state index contributed by atoms with van der Waals surface area (Å²) in [6.07, 6.45) is 3.51. The molecule has 1 aromatic carbocycles. The SMILES string of the molecule is CCCC(C)(CN)Cc1ccccc1. The molecule has 0 aliphatic carbocycles. The van der Waals surface area contributed by atoms with E-state index in [0.717, 1.165) is 13.0 Å². The molecule has 1 unspecified atom stereocenters. The molecule has 0 fully saturated rings. The molecule has 0 aromatic heterocycles. The molecule has 14 heavy (non-hydrogen) atoms. The maximum Gasteiger partial charge on any atom is -0.00200 e. The minimum atomic E-state index is 0.274. The summed E-state index contributed by atoms with van der Waals surface area (Å²) in [4.78, 5) is 0. The van der Waals surface area contributed by atoms with Gasteiger partial charge in [0.15, 0.2) is 0 Å².